The van der Waals surface area contributed by atoms with Crippen LogP contribution >= 0.6 is 0 Å². The van der Waals surface area contributed by atoms with E-state index in [4.69, 9.17) is 9.15 Å². The van der Waals surface area contributed by atoms with E-state index in [1.54, 1.807) is 0 Å². The standard InChI is InChI=1S/C21H23NO3/c1-15-9-11-18(12-10-15)24-13-5-8-21(23)22-16(2)20-14-17-6-3-4-7-19(17)25-20/h3-4,6-7,9-12,14,16H,5,8,13H2,1-2H3,(H,22,23)/t16-/m1/s1. The third-order valence-corrected chi connectivity index (χ3v) is 4.09. The summed E-state index contributed by atoms with van der Waals surface area (Å²) >= 11 is 0. The third-order valence-electron chi connectivity index (χ3n) is 4.09. The minimum Gasteiger partial charge on any atom is -0.494 e. The second-order valence-corrected chi connectivity index (χ2v) is 6.24. The summed E-state index contributed by atoms with van der Waals surface area (Å²) in [5.74, 6) is 1.60. The van der Waals surface area contributed by atoms with Crippen molar-refractivity contribution in [1.29, 1.82) is 0 Å². The number of hydrogen-bond acceptors (Lipinski definition) is 3. The van der Waals surface area contributed by atoms with Crippen LogP contribution in [0, 0.1) is 6.92 Å². The Morgan fingerprint density at radius 1 is 1.16 bits per heavy atom. The molecule has 0 fully saturated rings. The molecule has 0 bridgehead atoms. The first-order valence-electron chi connectivity index (χ1n) is 8.59. The Kier molecular flexibility index (Phi) is 5.39. The van der Waals surface area contributed by atoms with Crippen LogP contribution in [-0.2, 0) is 4.79 Å². The SMILES string of the molecule is Cc1ccc(OCCCC(=O)N[C@H](C)c2cc3ccccc3o2)cc1. The monoisotopic (exact) mass is 337 g/mol. The van der Waals surface area contributed by atoms with Crippen molar-refractivity contribution in [1.82, 2.24) is 5.32 Å². The van der Waals surface area contributed by atoms with Crippen LogP contribution in [0.1, 0.15) is 37.1 Å². The van der Waals surface area contributed by atoms with Crippen molar-refractivity contribution >= 4 is 16.9 Å². The number of amides is 1. The van der Waals surface area contributed by atoms with Crippen LogP contribution in [0.2, 0.25) is 0 Å². The Labute approximate surface area is 147 Å². The highest BCUT2D eigenvalue weighted by molar-refractivity contribution is 5.79. The lowest BCUT2D eigenvalue weighted by molar-refractivity contribution is -0.122. The molecule has 0 radical (unpaired) electrons. The predicted octanol–water partition coefficient (Wildman–Crippen LogP) is 4.78. The molecule has 2 aromatic carbocycles. The number of furan rings is 1. The molecule has 4 heteroatoms. The van der Waals surface area contributed by atoms with Crippen LogP contribution in [0.5, 0.6) is 5.75 Å². The van der Waals surface area contributed by atoms with Crippen molar-refractivity contribution < 1.29 is 13.9 Å². The fraction of sp³-hybridized carbons (Fsp3) is 0.286. The van der Waals surface area contributed by atoms with Crippen LogP contribution in [-0.4, -0.2) is 12.5 Å². The Balaban J connectivity index is 1.43. The van der Waals surface area contributed by atoms with Gasteiger partial charge in [0.15, 0.2) is 0 Å². The largest absolute Gasteiger partial charge is 0.494 e. The fourth-order valence-corrected chi connectivity index (χ4v) is 2.66. The minimum absolute atomic E-state index is 0.000428. The van der Waals surface area contributed by atoms with Gasteiger partial charge in [0.1, 0.15) is 17.1 Å². The van der Waals surface area contributed by atoms with Crippen molar-refractivity contribution in [3.8, 4) is 5.75 Å². The normalized spacial score (nSPS) is 12.1. The Hall–Kier alpha value is -2.75. The third kappa shape index (κ3) is 4.63. The minimum atomic E-state index is -0.155. The molecule has 1 N–H and O–H groups in total. The van der Waals surface area contributed by atoms with Gasteiger partial charge in [0, 0.05) is 11.8 Å². The number of carbonyl (C=O) groups is 1. The molecule has 3 rings (SSSR count). The molecule has 1 heterocycles. The number of aryl methyl sites for hydroxylation is 1. The van der Waals surface area contributed by atoms with E-state index in [9.17, 15) is 4.79 Å². The molecule has 0 spiro atoms. The number of hydrogen-bond donors (Lipinski definition) is 1. The molecular formula is C21H23NO3. The van der Waals surface area contributed by atoms with Gasteiger partial charge in [-0.1, -0.05) is 35.9 Å². The molecule has 0 saturated heterocycles. The maximum Gasteiger partial charge on any atom is 0.220 e. The van der Waals surface area contributed by atoms with Gasteiger partial charge in [-0.25, -0.2) is 0 Å². The average molecular weight is 337 g/mol. The van der Waals surface area contributed by atoms with Crippen LogP contribution in [0.3, 0.4) is 0 Å². The van der Waals surface area contributed by atoms with Gasteiger partial charge in [-0.2, -0.15) is 0 Å². The van der Waals surface area contributed by atoms with Crippen molar-refractivity contribution in [2.24, 2.45) is 0 Å². The molecule has 130 valence electrons. The van der Waals surface area contributed by atoms with Crippen molar-refractivity contribution in [2.45, 2.75) is 32.7 Å². The maximum absolute atomic E-state index is 12.1. The Morgan fingerprint density at radius 2 is 1.92 bits per heavy atom. The highest BCUT2D eigenvalue weighted by atomic mass is 16.5. The van der Waals surface area contributed by atoms with Crippen LogP contribution in [0.15, 0.2) is 59.0 Å². The van der Waals surface area contributed by atoms with Crippen LogP contribution < -0.4 is 10.1 Å². The molecule has 0 aliphatic rings. The number of fused-ring (bicyclic) bond motifs is 1. The second kappa shape index (κ2) is 7.88. The lowest BCUT2D eigenvalue weighted by Gasteiger charge is -2.11. The zero-order valence-corrected chi connectivity index (χ0v) is 14.6. The number of ether oxygens (including phenoxy) is 1. The zero-order valence-electron chi connectivity index (χ0n) is 14.6. The van der Waals surface area contributed by atoms with E-state index in [-0.39, 0.29) is 11.9 Å². The molecule has 25 heavy (non-hydrogen) atoms. The summed E-state index contributed by atoms with van der Waals surface area (Å²) in [6.07, 6.45) is 1.10. The van der Waals surface area contributed by atoms with Gasteiger partial charge in [0.2, 0.25) is 5.91 Å². The lowest BCUT2D eigenvalue weighted by atomic mass is 10.2. The number of benzene rings is 2. The van der Waals surface area contributed by atoms with Gasteiger partial charge in [-0.05, 0) is 44.5 Å². The summed E-state index contributed by atoms with van der Waals surface area (Å²) in [6, 6.07) is 17.6. The van der Waals surface area contributed by atoms with Gasteiger partial charge in [0.25, 0.3) is 0 Å². The molecule has 0 aliphatic carbocycles. The van der Waals surface area contributed by atoms with E-state index in [2.05, 4.69) is 5.32 Å². The Bertz CT molecular complexity index is 803. The molecule has 1 atom stereocenters. The van der Waals surface area contributed by atoms with Crippen molar-refractivity contribution in [2.75, 3.05) is 6.61 Å². The molecule has 0 unspecified atom stereocenters. The summed E-state index contributed by atoms with van der Waals surface area (Å²) in [5, 5.41) is 4.02. The first kappa shape index (κ1) is 17.1. The molecule has 0 saturated carbocycles. The summed E-state index contributed by atoms with van der Waals surface area (Å²) in [6.45, 7) is 4.49. The number of carbonyl (C=O) groups excluding carboxylic acids is 1. The number of para-hydroxylation sites is 1. The predicted molar refractivity (Wildman–Crippen MR) is 98.7 cm³/mol. The Morgan fingerprint density at radius 3 is 2.68 bits per heavy atom. The van der Waals surface area contributed by atoms with E-state index in [0.717, 1.165) is 22.5 Å². The smallest absolute Gasteiger partial charge is 0.220 e. The molecule has 1 aromatic heterocycles. The van der Waals surface area contributed by atoms with E-state index in [0.29, 0.717) is 19.4 Å². The second-order valence-electron chi connectivity index (χ2n) is 6.24. The molecule has 1 amide bonds. The highest BCUT2D eigenvalue weighted by Crippen LogP contribution is 2.23. The van der Waals surface area contributed by atoms with Crippen LogP contribution in [0.25, 0.3) is 11.0 Å². The van der Waals surface area contributed by atoms with Gasteiger partial charge in [-0.3, -0.25) is 4.79 Å². The van der Waals surface area contributed by atoms with E-state index in [1.165, 1.54) is 5.56 Å². The van der Waals surface area contributed by atoms with Gasteiger partial charge >= 0.3 is 0 Å². The van der Waals surface area contributed by atoms with Gasteiger partial charge in [0.05, 0.1) is 12.6 Å². The quantitative estimate of drug-likeness (QED) is 0.631. The topological polar surface area (TPSA) is 51.5 Å². The lowest BCUT2D eigenvalue weighted by Crippen LogP contribution is -2.26. The van der Waals surface area contributed by atoms with E-state index < -0.39 is 0 Å². The molecule has 4 nitrogen and oxygen atoms in total. The van der Waals surface area contributed by atoms with Gasteiger partial charge < -0.3 is 14.5 Å². The van der Waals surface area contributed by atoms with Crippen molar-refractivity contribution in [3.63, 3.8) is 0 Å². The summed E-state index contributed by atoms with van der Waals surface area (Å²) < 4.78 is 11.4. The van der Waals surface area contributed by atoms with E-state index in [1.807, 2.05) is 68.4 Å². The zero-order chi connectivity index (χ0) is 17.6. The molecule has 3 aromatic rings. The fourth-order valence-electron chi connectivity index (χ4n) is 2.66. The summed E-state index contributed by atoms with van der Waals surface area (Å²) in [4.78, 5) is 12.1. The molecular weight excluding hydrogens is 314 g/mol. The summed E-state index contributed by atoms with van der Waals surface area (Å²) in [7, 11) is 0. The van der Waals surface area contributed by atoms with Gasteiger partial charge in [-0.15, -0.1) is 0 Å². The highest BCUT2D eigenvalue weighted by Gasteiger charge is 2.13. The first-order valence-corrected chi connectivity index (χ1v) is 8.59. The maximum atomic E-state index is 12.1. The summed E-state index contributed by atoms with van der Waals surface area (Å²) in [5.41, 5.74) is 2.04. The van der Waals surface area contributed by atoms with Crippen molar-refractivity contribution in [3.05, 3.63) is 65.9 Å². The first-order chi connectivity index (χ1) is 12.1. The van der Waals surface area contributed by atoms with E-state index >= 15 is 0 Å². The molecule has 0 aliphatic heterocycles. The average Bonchev–Trinajstić information content (AvgIpc) is 3.04. The number of rotatable bonds is 7. The van der Waals surface area contributed by atoms with Crippen LogP contribution in [0.4, 0.5) is 0 Å². The number of nitrogens with one attached hydrogen (secondary N) is 1.